The van der Waals surface area contributed by atoms with Gasteiger partial charge in [0.05, 0.1) is 6.04 Å². The molecule has 2 amide bonds. The number of nitrogens with zero attached hydrogens (tertiary/aromatic N) is 1. The fraction of sp³-hybridized carbons (Fsp3) is 0.412. The van der Waals surface area contributed by atoms with Crippen LogP contribution < -0.4 is 11.1 Å². The highest BCUT2D eigenvalue weighted by Gasteiger charge is 2.13. The van der Waals surface area contributed by atoms with Crippen LogP contribution in [-0.2, 0) is 16.0 Å². The van der Waals surface area contributed by atoms with Crippen molar-refractivity contribution in [2.75, 3.05) is 14.1 Å². The molecule has 128 valence electrons. The van der Waals surface area contributed by atoms with E-state index in [9.17, 15) is 9.59 Å². The van der Waals surface area contributed by atoms with E-state index in [1.165, 1.54) is 16.5 Å². The maximum Gasteiger partial charge on any atom is 0.245 e. The monoisotopic (exact) mass is 339 g/mol. The lowest BCUT2D eigenvalue weighted by molar-refractivity contribution is -0.124. The number of hydrogen-bond donors (Lipinski definition) is 2. The van der Waals surface area contributed by atoms with Crippen molar-refractivity contribution in [3.05, 3.63) is 48.0 Å². The van der Waals surface area contributed by atoms with Gasteiger partial charge in [-0.2, -0.15) is 0 Å². The molecule has 1 rings (SSSR count). The molecule has 0 aliphatic rings. The van der Waals surface area contributed by atoms with Gasteiger partial charge in [-0.1, -0.05) is 36.4 Å². The number of halogens is 1. The number of hydrogen-bond acceptors (Lipinski definition) is 3. The number of nitrogens with one attached hydrogen (secondary N) is 1. The number of nitrogens with two attached hydrogens (primary N) is 1. The van der Waals surface area contributed by atoms with E-state index in [0.29, 0.717) is 6.42 Å². The molecule has 0 radical (unpaired) electrons. The molecule has 0 heterocycles. The second kappa shape index (κ2) is 10.8. The van der Waals surface area contributed by atoms with Crippen molar-refractivity contribution in [1.29, 1.82) is 0 Å². The summed E-state index contributed by atoms with van der Waals surface area (Å²) in [7, 11) is 3.37. The van der Waals surface area contributed by atoms with Crippen molar-refractivity contribution in [2.24, 2.45) is 5.73 Å². The first-order valence-electron chi connectivity index (χ1n) is 7.39. The molecule has 0 aliphatic carbocycles. The molecule has 0 saturated carbocycles. The van der Waals surface area contributed by atoms with Gasteiger partial charge >= 0.3 is 0 Å². The van der Waals surface area contributed by atoms with E-state index in [4.69, 9.17) is 5.73 Å². The van der Waals surface area contributed by atoms with Crippen LogP contribution in [0.4, 0.5) is 0 Å². The molecule has 5 nitrogen and oxygen atoms in total. The highest BCUT2D eigenvalue weighted by atomic mass is 35.5. The van der Waals surface area contributed by atoms with Crippen LogP contribution in [0.2, 0.25) is 0 Å². The number of carbonyl (C=O) groups is 2. The van der Waals surface area contributed by atoms with Gasteiger partial charge in [-0.25, -0.2) is 0 Å². The Labute approximate surface area is 144 Å². The summed E-state index contributed by atoms with van der Waals surface area (Å²) < 4.78 is 0. The van der Waals surface area contributed by atoms with E-state index in [0.717, 1.165) is 6.42 Å². The van der Waals surface area contributed by atoms with Gasteiger partial charge in [-0.3, -0.25) is 9.59 Å². The Kier molecular flexibility index (Phi) is 9.94. The molecule has 6 heteroatoms. The van der Waals surface area contributed by atoms with Crippen molar-refractivity contribution >= 4 is 24.2 Å². The minimum absolute atomic E-state index is 0. The molecule has 2 atom stereocenters. The third-order valence-electron chi connectivity index (χ3n) is 3.24. The summed E-state index contributed by atoms with van der Waals surface area (Å²) in [6.07, 6.45) is 4.73. The molecule has 3 N–H and O–H groups in total. The minimum atomic E-state index is -0.572. The summed E-state index contributed by atoms with van der Waals surface area (Å²) in [6.45, 7) is 1.64. The lowest BCUT2D eigenvalue weighted by Gasteiger charge is -2.17. The number of benzene rings is 1. The molecule has 1 aromatic rings. The van der Waals surface area contributed by atoms with Crippen molar-refractivity contribution in [3.8, 4) is 0 Å². The van der Waals surface area contributed by atoms with E-state index in [1.807, 2.05) is 30.3 Å². The van der Waals surface area contributed by atoms with Crippen molar-refractivity contribution in [1.82, 2.24) is 10.2 Å². The second-order valence-corrected chi connectivity index (χ2v) is 5.52. The van der Waals surface area contributed by atoms with Crippen LogP contribution in [0, 0.1) is 0 Å². The Morgan fingerprint density at radius 1 is 1.26 bits per heavy atom. The zero-order valence-electron chi connectivity index (χ0n) is 13.9. The van der Waals surface area contributed by atoms with Gasteiger partial charge in [-0.15, -0.1) is 12.4 Å². The zero-order valence-corrected chi connectivity index (χ0v) is 14.7. The van der Waals surface area contributed by atoms with E-state index < -0.39 is 6.04 Å². The summed E-state index contributed by atoms with van der Waals surface area (Å²) in [6, 6.07) is 9.22. The lowest BCUT2D eigenvalue weighted by atomic mass is 10.0. The Morgan fingerprint density at radius 2 is 1.87 bits per heavy atom. The van der Waals surface area contributed by atoms with E-state index in [-0.39, 0.29) is 30.3 Å². The molecular formula is C17H26ClN3O2. The fourth-order valence-corrected chi connectivity index (χ4v) is 1.85. The van der Waals surface area contributed by atoms with Crippen molar-refractivity contribution < 1.29 is 9.59 Å². The smallest absolute Gasteiger partial charge is 0.245 e. The SMILES string of the molecule is C[C@H](N)C(=O)N[C@H](C=CC(=O)N(C)C)CCc1ccccc1.Cl. The third-order valence-corrected chi connectivity index (χ3v) is 3.24. The molecule has 0 fully saturated rings. The predicted molar refractivity (Wildman–Crippen MR) is 95.4 cm³/mol. The average Bonchev–Trinajstić information content (AvgIpc) is 2.50. The molecule has 0 saturated heterocycles. The first-order chi connectivity index (χ1) is 10.4. The van der Waals surface area contributed by atoms with E-state index in [2.05, 4.69) is 5.32 Å². The molecule has 0 aromatic heterocycles. The van der Waals surface area contributed by atoms with Gasteiger partial charge in [-0.05, 0) is 25.3 Å². The van der Waals surface area contributed by atoms with Crippen LogP contribution in [0.5, 0.6) is 0 Å². The van der Waals surface area contributed by atoms with Crippen molar-refractivity contribution in [2.45, 2.75) is 31.8 Å². The van der Waals surface area contributed by atoms with E-state index >= 15 is 0 Å². The molecule has 0 unspecified atom stereocenters. The van der Waals surface area contributed by atoms with Crippen LogP contribution in [-0.4, -0.2) is 42.9 Å². The number of carbonyl (C=O) groups excluding carboxylic acids is 2. The second-order valence-electron chi connectivity index (χ2n) is 5.52. The van der Waals surface area contributed by atoms with Crippen LogP contribution in [0.3, 0.4) is 0 Å². The summed E-state index contributed by atoms with van der Waals surface area (Å²) in [5.41, 5.74) is 6.77. The number of rotatable bonds is 7. The first-order valence-corrected chi connectivity index (χ1v) is 7.39. The van der Waals surface area contributed by atoms with Crippen LogP contribution in [0.25, 0.3) is 0 Å². The summed E-state index contributed by atoms with van der Waals surface area (Å²) >= 11 is 0. The molecule has 0 aliphatic heterocycles. The minimum Gasteiger partial charge on any atom is -0.349 e. The van der Waals surface area contributed by atoms with Gasteiger partial charge in [0.2, 0.25) is 11.8 Å². The van der Waals surface area contributed by atoms with Crippen LogP contribution >= 0.6 is 12.4 Å². The maximum atomic E-state index is 11.8. The Hall–Kier alpha value is -1.85. The van der Waals surface area contributed by atoms with E-state index in [1.54, 1.807) is 27.1 Å². The van der Waals surface area contributed by atoms with Crippen molar-refractivity contribution in [3.63, 3.8) is 0 Å². The van der Waals surface area contributed by atoms with Gasteiger partial charge in [0, 0.05) is 26.2 Å². The van der Waals surface area contributed by atoms with Crippen LogP contribution in [0.1, 0.15) is 18.9 Å². The Morgan fingerprint density at radius 3 is 2.39 bits per heavy atom. The van der Waals surface area contributed by atoms with Gasteiger partial charge in [0.25, 0.3) is 0 Å². The zero-order chi connectivity index (χ0) is 16.5. The number of amides is 2. The normalized spacial score (nSPS) is 13.0. The topological polar surface area (TPSA) is 75.4 Å². The summed E-state index contributed by atoms with van der Waals surface area (Å²) in [4.78, 5) is 24.9. The van der Waals surface area contributed by atoms with Gasteiger partial charge in [0.1, 0.15) is 0 Å². The van der Waals surface area contributed by atoms with Gasteiger partial charge in [0.15, 0.2) is 0 Å². The predicted octanol–water partition coefficient (Wildman–Crippen LogP) is 1.52. The third kappa shape index (κ3) is 8.38. The average molecular weight is 340 g/mol. The number of likely N-dealkylation sites (N-methyl/N-ethyl adjacent to an activating group) is 1. The highest BCUT2D eigenvalue weighted by molar-refractivity contribution is 5.87. The lowest BCUT2D eigenvalue weighted by Crippen LogP contribution is -2.43. The molecular weight excluding hydrogens is 314 g/mol. The Balaban J connectivity index is 0.00000484. The molecule has 23 heavy (non-hydrogen) atoms. The van der Waals surface area contributed by atoms with Gasteiger partial charge < -0.3 is 16.0 Å². The Bertz CT molecular complexity index is 516. The summed E-state index contributed by atoms with van der Waals surface area (Å²) in [5.74, 6) is -0.334. The maximum absolute atomic E-state index is 11.8. The quantitative estimate of drug-likeness (QED) is 0.739. The molecule has 0 spiro atoms. The number of aryl methyl sites for hydroxylation is 1. The highest BCUT2D eigenvalue weighted by Crippen LogP contribution is 2.06. The first kappa shape index (κ1) is 21.1. The molecule has 1 aromatic carbocycles. The largest absolute Gasteiger partial charge is 0.349 e. The standard InChI is InChI=1S/C17H25N3O2.ClH/c1-13(18)17(22)19-15(11-12-16(21)20(2)3)10-9-14-7-5-4-6-8-14;/h4-8,11-13,15H,9-10,18H2,1-3H3,(H,19,22);1H/t13-,15-;/m0./s1. The van der Waals surface area contributed by atoms with Crippen LogP contribution in [0.15, 0.2) is 42.5 Å². The fourth-order valence-electron chi connectivity index (χ4n) is 1.85. The summed E-state index contributed by atoms with van der Waals surface area (Å²) in [5, 5.41) is 2.86. The molecule has 0 bridgehead atoms.